The van der Waals surface area contributed by atoms with Crippen molar-refractivity contribution >= 4 is 12.0 Å². The van der Waals surface area contributed by atoms with Crippen LogP contribution in [0.4, 0.5) is 4.79 Å². The van der Waals surface area contributed by atoms with Crippen LogP contribution in [0.1, 0.15) is 55.2 Å². The van der Waals surface area contributed by atoms with E-state index in [2.05, 4.69) is 30.2 Å². The lowest BCUT2D eigenvalue weighted by atomic mass is 9.92. The first-order chi connectivity index (χ1) is 17.7. The number of piperazine rings is 1. The van der Waals surface area contributed by atoms with Gasteiger partial charge in [0.05, 0.1) is 6.04 Å². The molecular weight excluding hydrogens is 464 g/mol. The number of ether oxygens (including phenoxy) is 1. The van der Waals surface area contributed by atoms with Crippen LogP contribution in [0.3, 0.4) is 0 Å². The summed E-state index contributed by atoms with van der Waals surface area (Å²) in [6.07, 6.45) is 1.54. The van der Waals surface area contributed by atoms with Crippen molar-refractivity contribution in [3.63, 3.8) is 0 Å². The highest BCUT2D eigenvalue weighted by molar-refractivity contribution is 5.94. The molecule has 2 amide bonds. The third-order valence-corrected chi connectivity index (χ3v) is 7.16. The Morgan fingerprint density at radius 1 is 1.03 bits per heavy atom. The quantitative estimate of drug-likeness (QED) is 0.453. The summed E-state index contributed by atoms with van der Waals surface area (Å²) in [6, 6.07) is 16.1. The third-order valence-electron chi connectivity index (χ3n) is 7.16. The van der Waals surface area contributed by atoms with E-state index in [0.717, 1.165) is 30.8 Å². The molecule has 0 saturated carbocycles. The summed E-state index contributed by atoms with van der Waals surface area (Å²) in [4.78, 5) is 33.6. The Kier molecular flexibility index (Phi) is 9.89. The summed E-state index contributed by atoms with van der Waals surface area (Å²) in [5, 5.41) is 0. The highest BCUT2D eigenvalue weighted by Crippen LogP contribution is 2.38. The van der Waals surface area contributed by atoms with E-state index in [1.807, 2.05) is 73.4 Å². The SMILES string of the molecule is C=CCN1C[C@H](C)N([C@H](c2ccc(C(=O)N(CC)CC)cc2)c2ccccc2OC(=O)N(C)C)C[C@H]1C. The number of rotatable bonds is 9. The molecule has 1 aliphatic heterocycles. The van der Waals surface area contributed by atoms with Gasteiger partial charge >= 0.3 is 6.09 Å². The minimum absolute atomic E-state index is 0.0356. The van der Waals surface area contributed by atoms with Crippen LogP contribution in [0.25, 0.3) is 0 Å². The fourth-order valence-corrected chi connectivity index (χ4v) is 5.04. The van der Waals surface area contributed by atoms with Gasteiger partial charge in [-0.25, -0.2) is 4.79 Å². The smallest absolute Gasteiger partial charge is 0.410 e. The number of hydrogen-bond donors (Lipinski definition) is 0. The zero-order chi connectivity index (χ0) is 27.1. The van der Waals surface area contributed by atoms with Gasteiger partial charge in [0.15, 0.2) is 0 Å². The number of carbonyl (C=O) groups is 2. The van der Waals surface area contributed by atoms with Gasteiger partial charge in [-0.3, -0.25) is 14.6 Å². The summed E-state index contributed by atoms with van der Waals surface area (Å²) in [5.41, 5.74) is 2.66. The molecule has 7 heteroatoms. The molecule has 0 radical (unpaired) electrons. The topological polar surface area (TPSA) is 56.3 Å². The average Bonchev–Trinajstić information content (AvgIpc) is 2.89. The number of amides is 2. The molecule has 1 heterocycles. The van der Waals surface area contributed by atoms with Gasteiger partial charge in [-0.05, 0) is 51.5 Å². The second kappa shape index (κ2) is 12.9. The van der Waals surface area contributed by atoms with Crippen molar-refractivity contribution in [1.82, 2.24) is 19.6 Å². The van der Waals surface area contributed by atoms with Crippen molar-refractivity contribution in [2.75, 3.05) is 46.8 Å². The molecule has 7 nitrogen and oxygen atoms in total. The largest absolute Gasteiger partial charge is 0.414 e. The molecule has 200 valence electrons. The molecule has 37 heavy (non-hydrogen) atoms. The van der Waals surface area contributed by atoms with Crippen LogP contribution in [0.15, 0.2) is 61.2 Å². The van der Waals surface area contributed by atoms with Crippen molar-refractivity contribution < 1.29 is 14.3 Å². The van der Waals surface area contributed by atoms with Crippen LogP contribution in [0.2, 0.25) is 0 Å². The molecule has 1 fully saturated rings. The summed E-state index contributed by atoms with van der Waals surface area (Å²) in [7, 11) is 3.35. The van der Waals surface area contributed by atoms with Crippen LogP contribution < -0.4 is 4.74 Å². The molecule has 1 aliphatic rings. The number of nitrogens with zero attached hydrogens (tertiary/aromatic N) is 4. The van der Waals surface area contributed by atoms with Crippen LogP contribution in [0.5, 0.6) is 5.75 Å². The number of benzene rings is 2. The van der Waals surface area contributed by atoms with E-state index < -0.39 is 6.09 Å². The maximum absolute atomic E-state index is 12.9. The van der Waals surface area contributed by atoms with Crippen molar-refractivity contribution in [2.24, 2.45) is 0 Å². The molecule has 0 bridgehead atoms. The fraction of sp³-hybridized carbons (Fsp3) is 0.467. The number of para-hydroxylation sites is 1. The van der Waals surface area contributed by atoms with E-state index >= 15 is 0 Å². The maximum Gasteiger partial charge on any atom is 0.414 e. The minimum Gasteiger partial charge on any atom is -0.410 e. The molecule has 0 aromatic heterocycles. The Labute approximate surface area is 222 Å². The zero-order valence-corrected chi connectivity index (χ0v) is 23.2. The fourth-order valence-electron chi connectivity index (χ4n) is 5.04. The lowest BCUT2D eigenvalue weighted by Crippen LogP contribution is -2.57. The molecule has 0 aliphatic carbocycles. The van der Waals surface area contributed by atoms with Gasteiger partial charge in [0, 0.05) is 70.0 Å². The van der Waals surface area contributed by atoms with E-state index in [9.17, 15) is 9.59 Å². The monoisotopic (exact) mass is 506 g/mol. The number of carbonyl (C=O) groups excluding carboxylic acids is 2. The van der Waals surface area contributed by atoms with E-state index in [0.29, 0.717) is 30.4 Å². The predicted molar refractivity (Wildman–Crippen MR) is 149 cm³/mol. The molecular formula is C30H42N4O3. The highest BCUT2D eigenvalue weighted by Gasteiger charge is 2.36. The normalized spacial score (nSPS) is 19.2. The first kappa shape index (κ1) is 28.4. The molecule has 3 atom stereocenters. The molecule has 0 spiro atoms. The lowest BCUT2D eigenvalue weighted by molar-refractivity contribution is 0.0301. The van der Waals surface area contributed by atoms with Crippen molar-refractivity contribution in [3.05, 3.63) is 77.9 Å². The third kappa shape index (κ3) is 6.59. The van der Waals surface area contributed by atoms with Crippen molar-refractivity contribution in [3.8, 4) is 5.75 Å². The first-order valence-electron chi connectivity index (χ1n) is 13.2. The van der Waals surface area contributed by atoms with Gasteiger partial charge < -0.3 is 14.5 Å². The van der Waals surface area contributed by atoms with Crippen LogP contribution >= 0.6 is 0 Å². The summed E-state index contributed by atoms with van der Waals surface area (Å²) < 4.78 is 5.82. The van der Waals surface area contributed by atoms with E-state index in [-0.39, 0.29) is 18.0 Å². The number of hydrogen-bond acceptors (Lipinski definition) is 5. The van der Waals surface area contributed by atoms with Gasteiger partial charge in [-0.2, -0.15) is 0 Å². The second-order valence-corrected chi connectivity index (χ2v) is 9.94. The van der Waals surface area contributed by atoms with Gasteiger partial charge in [0.25, 0.3) is 5.91 Å². The second-order valence-electron chi connectivity index (χ2n) is 9.94. The standard InChI is InChI=1S/C30H42N4O3/c1-8-19-33-20-23(5)34(21-22(33)4)28(26-13-11-12-14-27(26)37-30(36)31(6)7)24-15-17-25(18-16-24)29(35)32(9-2)10-3/h8,11-18,22-23,28H,1,9-10,19-21H2,2-7H3/t22-,23+,28-/m1/s1. The van der Waals surface area contributed by atoms with E-state index in [4.69, 9.17) is 4.74 Å². The zero-order valence-electron chi connectivity index (χ0n) is 23.2. The van der Waals surface area contributed by atoms with Crippen LogP contribution in [0, 0.1) is 0 Å². The summed E-state index contributed by atoms with van der Waals surface area (Å²) in [6.45, 7) is 16.3. The lowest BCUT2D eigenvalue weighted by Gasteiger charge is -2.47. The molecule has 1 saturated heterocycles. The van der Waals surface area contributed by atoms with E-state index in [1.54, 1.807) is 14.1 Å². The Bertz CT molecular complexity index is 1060. The van der Waals surface area contributed by atoms with Gasteiger partial charge in [-0.15, -0.1) is 6.58 Å². The maximum atomic E-state index is 12.9. The van der Waals surface area contributed by atoms with Gasteiger partial charge in [0.1, 0.15) is 5.75 Å². The van der Waals surface area contributed by atoms with Crippen molar-refractivity contribution in [2.45, 2.75) is 45.8 Å². The highest BCUT2D eigenvalue weighted by atomic mass is 16.6. The Balaban J connectivity index is 2.05. The average molecular weight is 507 g/mol. The Morgan fingerprint density at radius 2 is 1.68 bits per heavy atom. The molecule has 2 aromatic carbocycles. The van der Waals surface area contributed by atoms with Crippen LogP contribution in [-0.2, 0) is 0 Å². The first-order valence-corrected chi connectivity index (χ1v) is 13.2. The molecule has 3 rings (SSSR count). The van der Waals surface area contributed by atoms with Gasteiger partial charge in [-0.1, -0.05) is 36.4 Å². The van der Waals surface area contributed by atoms with E-state index in [1.165, 1.54) is 4.90 Å². The molecule has 0 N–H and O–H groups in total. The van der Waals surface area contributed by atoms with Crippen LogP contribution in [-0.4, -0.2) is 90.5 Å². The Morgan fingerprint density at radius 3 is 2.27 bits per heavy atom. The summed E-state index contributed by atoms with van der Waals surface area (Å²) in [5.74, 6) is 0.580. The predicted octanol–water partition coefficient (Wildman–Crippen LogP) is 4.90. The molecule has 2 aromatic rings. The summed E-state index contributed by atoms with van der Waals surface area (Å²) >= 11 is 0. The minimum atomic E-state index is -0.413. The Hall–Kier alpha value is -3.16. The van der Waals surface area contributed by atoms with Crippen molar-refractivity contribution in [1.29, 1.82) is 0 Å². The van der Waals surface area contributed by atoms with Gasteiger partial charge in [0.2, 0.25) is 0 Å². The molecule has 0 unspecified atom stereocenters.